The number of hydrogen-bond acceptors (Lipinski definition) is 3. The van der Waals surface area contributed by atoms with Crippen molar-refractivity contribution in [1.82, 2.24) is 0 Å². The number of aliphatic hydroxyl groups is 3. The van der Waals surface area contributed by atoms with Gasteiger partial charge >= 0.3 is 0 Å². The van der Waals surface area contributed by atoms with Crippen LogP contribution in [-0.4, -0.2) is 28.0 Å². The number of aliphatic hydroxyl groups excluding tert-OH is 3. The molecule has 78 valence electrons. The van der Waals surface area contributed by atoms with Gasteiger partial charge in [-0.15, -0.1) is 0 Å². The minimum Gasteiger partial charge on any atom is -0.394 e. The van der Waals surface area contributed by atoms with Crippen LogP contribution in [0.5, 0.6) is 0 Å². The Balaban J connectivity index is 3.01. The zero-order valence-corrected chi connectivity index (χ0v) is 8.57. The molecule has 0 heterocycles. The van der Waals surface area contributed by atoms with Gasteiger partial charge in [-0.1, -0.05) is 29.8 Å². The molecule has 0 amide bonds. The van der Waals surface area contributed by atoms with E-state index in [1.807, 2.05) is 13.0 Å². The molecule has 4 heteroatoms. The van der Waals surface area contributed by atoms with Crippen LogP contribution in [0, 0.1) is 6.92 Å². The summed E-state index contributed by atoms with van der Waals surface area (Å²) in [6.45, 7) is 1.31. The van der Waals surface area contributed by atoms with Gasteiger partial charge in [0.1, 0.15) is 12.2 Å². The van der Waals surface area contributed by atoms with E-state index in [2.05, 4.69) is 0 Å². The summed E-state index contributed by atoms with van der Waals surface area (Å²) in [6, 6.07) is 5.17. The van der Waals surface area contributed by atoms with Crippen LogP contribution in [0.2, 0.25) is 5.02 Å². The first-order chi connectivity index (χ1) is 6.57. The Morgan fingerprint density at radius 1 is 1.36 bits per heavy atom. The van der Waals surface area contributed by atoms with Crippen molar-refractivity contribution in [3.63, 3.8) is 0 Å². The Hall–Kier alpha value is -0.610. The van der Waals surface area contributed by atoms with Gasteiger partial charge in [-0.25, -0.2) is 0 Å². The molecule has 0 spiro atoms. The first-order valence-corrected chi connectivity index (χ1v) is 4.67. The third-order valence-corrected chi connectivity index (χ3v) is 2.61. The van der Waals surface area contributed by atoms with Gasteiger partial charge in [-0.05, 0) is 12.5 Å². The summed E-state index contributed by atoms with van der Waals surface area (Å²) in [4.78, 5) is 0. The maximum atomic E-state index is 9.60. The zero-order chi connectivity index (χ0) is 10.7. The fourth-order valence-electron chi connectivity index (χ4n) is 1.21. The topological polar surface area (TPSA) is 60.7 Å². The van der Waals surface area contributed by atoms with Crippen molar-refractivity contribution in [2.75, 3.05) is 6.61 Å². The minimum atomic E-state index is -1.20. The Morgan fingerprint density at radius 2 is 2.00 bits per heavy atom. The van der Waals surface area contributed by atoms with Crippen LogP contribution in [0.15, 0.2) is 18.2 Å². The monoisotopic (exact) mass is 216 g/mol. The molecule has 2 unspecified atom stereocenters. The molecule has 1 aromatic rings. The van der Waals surface area contributed by atoms with Gasteiger partial charge in [-0.2, -0.15) is 0 Å². The summed E-state index contributed by atoms with van der Waals surface area (Å²) in [5.74, 6) is 0. The number of halogens is 1. The average Bonchev–Trinajstić information content (AvgIpc) is 2.20. The first-order valence-electron chi connectivity index (χ1n) is 4.30. The molecule has 1 aromatic carbocycles. The first kappa shape index (κ1) is 11.5. The Kier molecular flexibility index (Phi) is 3.89. The quantitative estimate of drug-likeness (QED) is 0.708. The largest absolute Gasteiger partial charge is 0.394 e. The summed E-state index contributed by atoms with van der Waals surface area (Å²) in [7, 11) is 0. The van der Waals surface area contributed by atoms with E-state index >= 15 is 0 Å². The number of benzene rings is 1. The second-order valence-corrected chi connectivity index (χ2v) is 3.55. The van der Waals surface area contributed by atoms with Crippen LogP contribution in [0.4, 0.5) is 0 Å². The van der Waals surface area contributed by atoms with Crippen molar-refractivity contribution >= 4 is 11.6 Å². The smallest absolute Gasteiger partial charge is 0.109 e. The molecule has 0 aliphatic carbocycles. The SMILES string of the molecule is Cc1cccc(C(O)C(O)CO)c1Cl. The molecule has 3 N–H and O–H groups in total. The van der Waals surface area contributed by atoms with Crippen LogP contribution in [0.3, 0.4) is 0 Å². The van der Waals surface area contributed by atoms with E-state index < -0.39 is 18.8 Å². The van der Waals surface area contributed by atoms with E-state index in [-0.39, 0.29) is 0 Å². The molecule has 0 saturated carbocycles. The van der Waals surface area contributed by atoms with Crippen molar-refractivity contribution in [1.29, 1.82) is 0 Å². The lowest BCUT2D eigenvalue weighted by Gasteiger charge is -2.17. The molecule has 1 rings (SSSR count). The van der Waals surface area contributed by atoms with E-state index in [9.17, 15) is 10.2 Å². The Labute approximate surface area is 87.6 Å². The van der Waals surface area contributed by atoms with Gasteiger partial charge < -0.3 is 15.3 Å². The van der Waals surface area contributed by atoms with Crippen molar-refractivity contribution in [3.05, 3.63) is 34.3 Å². The molecule has 0 aromatic heterocycles. The van der Waals surface area contributed by atoms with E-state index in [4.69, 9.17) is 16.7 Å². The highest BCUT2D eigenvalue weighted by Gasteiger charge is 2.20. The number of hydrogen-bond donors (Lipinski definition) is 3. The second kappa shape index (κ2) is 4.75. The van der Waals surface area contributed by atoms with Crippen LogP contribution in [0.1, 0.15) is 17.2 Å². The third-order valence-electron chi connectivity index (χ3n) is 2.09. The fraction of sp³-hybridized carbons (Fsp3) is 0.400. The van der Waals surface area contributed by atoms with E-state index in [1.54, 1.807) is 12.1 Å². The maximum absolute atomic E-state index is 9.60. The van der Waals surface area contributed by atoms with Crippen LogP contribution in [-0.2, 0) is 0 Å². The summed E-state index contributed by atoms with van der Waals surface area (Å²) in [5.41, 5.74) is 1.27. The van der Waals surface area contributed by atoms with Crippen molar-refractivity contribution < 1.29 is 15.3 Å². The highest BCUT2D eigenvalue weighted by atomic mass is 35.5. The van der Waals surface area contributed by atoms with E-state index in [0.717, 1.165) is 5.56 Å². The van der Waals surface area contributed by atoms with Crippen LogP contribution < -0.4 is 0 Å². The van der Waals surface area contributed by atoms with Crippen LogP contribution >= 0.6 is 11.6 Å². The summed E-state index contributed by atoms with van der Waals surface area (Å²) in [5, 5.41) is 27.9. The fourth-order valence-corrected chi connectivity index (χ4v) is 1.44. The van der Waals surface area contributed by atoms with Crippen molar-refractivity contribution in [3.8, 4) is 0 Å². The number of aryl methyl sites for hydroxylation is 1. The number of rotatable bonds is 3. The Morgan fingerprint density at radius 3 is 2.57 bits per heavy atom. The van der Waals surface area contributed by atoms with Crippen molar-refractivity contribution in [2.24, 2.45) is 0 Å². The summed E-state index contributed by atoms with van der Waals surface area (Å²) >= 11 is 5.94. The molecule has 0 saturated heterocycles. The van der Waals surface area contributed by atoms with Gasteiger partial charge in [0, 0.05) is 10.6 Å². The predicted octanol–water partition coefficient (Wildman–Crippen LogP) is 1.04. The molecule has 0 fully saturated rings. The predicted molar refractivity (Wildman–Crippen MR) is 54.2 cm³/mol. The lowest BCUT2D eigenvalue weighted by atomic mass is 10.0. The lowest BCUT2D eigenvalue weighted by molar-refractivity contribution is -0.0152. The van der Waals surface area contributed by atoms with Gasteiger partial charge in [0.25, 0.3) is 0 Å². The molecule has 0 bridgehead atoms. The third kappa shape index (κ3) is 2.25. The van der Waals surface area contributed by atoms with E-state index in [0.29, 0.717) is 10.6 Å². The molecular formula is C10H13ClO3. The lowest BCUT2D eigenvalue weighted by Crippen LogP contribution is -2.22. The van der Waals surface area contributed by atoms with Gasteiger partial charge in [0.15, 0.2) is 0 Å². The average molecular weight is 217 g/mol. The standard InChI is InChI=1S/C10H13ClO3/c1-6-3-2-4-7(9(6)11)10(14)8(13)5-12/h2-4,8,10,12-14H,5H2,1H3. The summed E-state index contributed by atoms with van der Waals surface area (Å²) < 4.78 is 0. The molecule has 0 aliphatic rings. The van der Waals surface area contributed by atoms with Crippen molar-refractivity contribution in [2.45, 2.75) is 19.1 Å². The van der Waals surface area contributed by atoms with E-state index in [1.165, 1.54) is 0 Å². The van der Waals surface area contributed by atoms with Gasteiger partial charge in [-0.3, -0.25) is 0 Å². The normalized spacial score (nSPS) is 15.2. The molecule has 0 radical (unpaired) electrons. The minimum absolute atomic E-state index is 0.424. The molecule has 2 atom stereocenters. The summed E-state index contributed by atoms with van der Waals surface area (Å²) in [6.07, 6.45) is -2.35. The molecule has 3 nitrogen and oxygen atoms in total. The van der Waals surface area contributed by atoms with Gasteiger partial charge in [0.05, 0.1) is 6.61 Å². The maximum Gasteiger partial charge on any atom is 0.109 e. The second-order valence-electron chi connectivity index (χ2n) is 3.17. The molecule has 0 aliphatic heterocycles. The van der Waals surface area contributed by atoms with Crippen LogP contribution in [0.25, 0.3) is 0 Å². The molecular weight excluding hydrogens is 204 g/mol. The Bertz CT molecular complexity index is 314. The highest BCUT2D eigenvalue weighted by Crippen LogP contribution is 2.27. The highest BCUT2D eigenvalue weighted by molar-refractivity contribution is 6.32. The zero-order valence-electron chi connectivity index (χ0n) is 7.81. The van der Waals surface area contributed by atoms with Gasteiger partial charge in [0.2, 0.25) is 0 Å². The molecule has 14 heavy (non-hydrogen) atoms.